The highest BCUT2D eigenvalue weighted by Crippen LogP contribution is 2.40. The molecule has 31 heavy (non-hydrogen) atoms. The summed E-state index contributed by atoms with van der Waals surface area (Å²) >= 11 is 1.72. The smallest absolute Gasteiger partial charge is 0.343 e. The first-order valence-corrected chi connectivity index (χ1v) is 11.4. The van der Waals surface area contributed by atoms with E-state index in [9.17, 15) is 19.8 Å². The lowest BCUT2D eigenvalue weighted by atomic mass is 9.86. The Bertz CT molecular complexity index is 1320. The highest BCUT2D eigenvalue weighted by atomic mass is 32.2. The Morgan fingerprint density at radius 2 is 2.06 bits per heavy atom. The molecule has 0 fully saturated rings. The average Bonchev–Trinajstić information content (AvgIpc) is 3.13. The van der Waals surface area contributed by atoms with Gasteiger partial charge in [-0.2, -0.15) is 11.8 Å². The van der Waals surface area contributed by atoms with Crippen LogP contribution in [-0.2, 0) is 34.0 Å². The van der Waals surface area contributed by atoms with E-state index in [2.05, 4.69) is 6.92 Å². The topological polar surface area (TPSA) is 102 Å². The number of carbonyl (C=O) groups is 1. The zero-order valence-corrected chi connectivity index (χ0v) is 18.1. The van der Waals surface area contributed by atoms with Crippen LogP contribution in [0.25, 0.3) is 22.3 Å². The van der Waals surface area contributed by atoms with Gasteiger partial charge in [0.05, 0.1) is 29.0 Å². The Morgan fingerprint density at radius 1 is 1.26 bits per heavy atom. The number of aliphatic hydroxyl groups is 1. The molecular formula is C23H22N2O5S. The summed E-state index contributed by atoms with van der Waals surface area (Å²) in [5, 5.41) is 22.2. The third-order valence-corrected chi connectivity index (χ3v) is 7.13. The molecule has 2 aromatic heterocycles. The second-order valence-corrected chi connectivity index (χ2v) is 9.14. The van der Waals surface area contributed by atoms with Gasteiger partial charge in [-0.25, -0.2) is 9.78 Å². The zero-order valence-electron chi connectivity index (χ0n) is 17.3. The minimum Gasteiger partial charge on any atom is -0.508 e. The van der Waals surface area contributed by atoms with Gasteiger partial charge >= 0.3 is 5.97 Å². The number of carbonyl (C=O) groups excluding carboxylic acids is 1. The van der Waals surface area contributed by atoms with E-state index in [4.69, 9.17) is 9.72 Å². The number of aromatic hydroxyl groups is 1. The van der Waals surface area contributed by atoms with Crippen LogP contribution in [0.5, 0.6) is 5.75 Å². The lowest BCUT2D eigenvalue weighted by Gasteiger charge is -2.31. The maximum Gasteiger partial charge on any atom is 0.343 e. The highest BCUT2D eigenvalue weighted by Gasteiger charge is 2.45. The van der Waals surface area contributed by atoms with Crippen molar-refractivity contribution in [3.63, 3.8) is 0 Å². The summed E-state index contributed by atoms with van der Waals surface area (Å²) in [4.78, 5) is 30.3. The van der Waals surface area contributed by atoms with Gasteiger partial charge in [0, 0.05) is 27.8 Å². The number of phenols is 1. The zero-order chi connectivity index (χ0) is 21.9. The third kappa shape index (κ3) is 2.81. The molecule has 2 aliphatic rings. The number of nitrogens with zero attached hydrogens (tertiary/aromatic N) is 2. The summed E-state index contributed by atoms with van der Waals surface area (Å²) in [6.07, 6.45) is 0.109. The molecule has 1 aromatic carbocycles. The van der Waals surface area contributed by atoms with E-state index in [0.29, 0.717) is 34.8 Å². The number of esters is 1. The third-order valence-electron chi connectivity index (χ3n) is 6.23. The molecule has 0 amide bonds. The van der Waals surface area contributed by atoms with Gasteiger partial charge in [-0.1, -0.05) is 13.8 Å². The predicted octanol–water partition coefficient (Wildman–Crippen LogP) is 3.04. The van der Waals surface area contributed by atoms with Gasteiger partial charge in [-0.3, -0.25) is 4.79 Å². The molecule has 0 radical (unpaired) electrons. The van der Waals surface area contributed by atoms with Gasteiger partial charge in [-0.15, -0.1) is 0 Å². The number of phenolic OH excluding ortho intramolecular Hbond substituents is 1. The molecule has 3 aromatic rings. The first-order valence-electron chi connectivity index (χ1n) is 10.3. The summed E-state index contributed by atoms with van der Waals surface area (Å²) in [6.45, 7) is 3.95. The number of ether oxygens (including phenoxy) is 1. The molecule has 0 spiro atoms. The minimum atomic E-state index is -1.84. The van der Waals surface area contributed by atoms with Crippen molar-refractivity contribution in [1.29, 1.82) is 0 Å². The van der Waals surface area contributed by atoms with E-state index < -0.39 is 11.6 Å². The molecule has 2 aliphatic heterocycles. The van der Waals surface area contributed by atoms with Crippen molar-refractivity contribution in [3.8, 4) is 17.1 Å². The monoisotopic (exact) mass is 438 g/mol. The van der Waals surface area contributed by atoms with E-state index in [1.807, 2.05) is 6.07 Å². The molecule has 5 rings (SSSR count). The van der Waals surface area contributed by atoms with E-state index in [1.165, 1.54) is 0 Å². The fourth-order valence-electron chi connectivity index (χ4n) is 4.46. The summed E-state index contributed by atoms with van der Waals surface area (Å²) < 4.78 is 6.73. The fraction of sp³-hybridized carbons (Fsp3) is 0.348. The van der Waals surface area contributed by atoms with Crippen LogP contribution in [-0.4, -0.2) is 31.5 Å². The van der Waals surface area contributed by atoms with Crippen LogP contribution >= 0.6 is 11.8 Å². The lowest BCUT2D eigenvalue weighted by molar-refractivity contribution is -0.172. The van der Waals surface area contributed by atoms with Gasteiger partial charge in [-0.05, 0) is 36.4 Å². The Morgan fingerprint density at radius 3 is 2.81 bits per heavy atom. The van der Waals surface area contributed by atoms with Gasteiger partial charge in [0.2, 0.25) is 0 Å². The first kappa shape index (κ1) is 20.1. The summed E-state index contributed by atoms with van der Waals surface area (Å²) in [6, 6.07) is 7.11. The van der Waals surface area contributed by atoms with Crippen LogP contribution in [0.4, 0.5) is 0 Å². The lowest BCUT2D eigenvalue weighted by Crippen LogP contribution is -2.44. The molecule has 0 saturated heterocycles. The molecule has 0 aliphatic carbocycles. The molecule has 0 unspecified atom stereocenters. The fourth-order valence-corrected chi connectivity index (χ4v) is 5.17. The van der Waals surface area contributed by atoms with Crippen LogP contribution in [0.2, 0.25) is 0 Å². The van der Waals surface area contributed by atoms with Crippen molar-refractivity contribution >= 4 is 28.6 Å². The van der Waals surface area contributed by atoms with Crippen molar-refractivity contribution in [2.75, 3.05) is 5.75 Å². The van der Waals surface area contributed by atoms with Gasteiger partial charge in [0.15, 0.2) is 5.60 Å². The number of aromatic nitrogens is 2. The first-order chi connectivity index (χ1) is 14.9. The Balaban J connectivity index is 1.73. The molecule has 8 heteroatoms. The largest absolute Gasteiger partial charge is 0.508 e. The van der Waals surface area contributed by atoms with Crippen molar-refractivity contribution in [2.45, 2.75) is 44.8 Å². The van der Waals surface area contributed by atoms with Crippen molar-refractivity contribution in [1.82, 2.24) is 9.55 Å². The average molecular weight is 439 g/mol. The number of rotatable bonds is 4. The maximum absolute atomic E-state index is 13.2. The molecular weight excluding hydrogens is 416 g/mol. The number of fused-ring (bicyclic) bond motifs is 5. The normalized spacial score (nSPS) is 19.1. The molecule has 160 valence electrons. The second-order valence-electron chi connectivity index (χ2n) is 7.87. The van der Waals surface area contributed by atoms with Crippen LogP contribution in [0.15, 0.2) is 29.1 Å². The Kier molecular flexibility index (Phi) is 4.60. The molecule has 4 heterocycles. The highest BCUT2D eigenvalue weighted by molar-refractivity contribution is 7.98. The number of pyridine rings is 2. The summed E-state index contributed by atoms with van der Waals surface area (Å²) in [5.74, 6) is 1.11. The number of cyclic esters (lactones) is 1. The number of hydrogen-bond donors (Lipinski definition) is 2. The van der Waals surface area contributed by atoms with E-state index in [0.717, 1.165) is 27.8 Å². The van der Waals surface area contributed by atoms with Crippen molar-refractivity contribution in [2.24, 2.45) is 0 Å². The van der Waals surface area contributed by atoms with Crippen LogP contribution in [0.1, 0.15) is 42.5 Å². The van der Waals surface area contributed by atoms with Crippen LogP contribution in [0.3, 0.4) is 0 Å². The number of thioether (sulfide) groups is 1. The van der Waals surface area contributed by atoms with E-state index in [-0.39, 0.29) is 24.3 Å². The standard InChI is InChI=1S/C23H22N2O5S/c1-3-23(29)16-8-18-20-12(9-25(18)21(27)14(16)10-30-22(23)28)7-13-15(11-31-4-2)19(26)6-5-17(13)24-20/h5-8,26,29H,3-4,9-11H2,1-2H3/t23-/m0/s1. The molecule has 7 nitrogen and oxygen atoms in total. The minimum absolute atomic E-state index is 0.109. The van der Waals surface area contributed by atoms with E-state index >= 15 is 0 Å². The number of hydrogen-bond acceptors (Lipinski definition) is 7. The van der Waals surface area contributed by atoms with Gasteiger partial charge in [0.25, 0.3) is 5.56 Å². The van der Waals surface area contributed by atoms with Crippen molar-refractivity contribution in [3.05, 3.63) is 56.9 Å². The Hall–Kier alpha value is -2.84. The second kappa shape index (κ2) is 7.10. The number of benzene rings is 1. The van der Waals surface area contributed by atoms with Gasteiger partial charge in [0.1, 0.15) is 12.4 Å². The molecule has 0 saturated carbocycles. The molecule has 1 atom stereocenters. The SMILES string of the molecule is CCSCc1c(O)ccc2nc3c(cc12)Cn1c-3cc2c(c1=O)COC(=O)[C@]2(O)CC. The quantitative estimate of drug-likeness (QED) is 0.472. The summed E-state index contributed by atoms with van der Waals surface area (Å²) in [7, 11) is 0. The summed E-state index contributed by atoms with van der Waals surface area (Å²) in [5.41, 5.74) is 2.17. The van der Waals surface area contributed by atoms with Crippen molar-refractivity contribution < 1.29 is 19.7 Å². The Labute approximate surface area is 182 Å². The predicted molar refractivity (Wildman–Crippen MR) is 118 cm³/mol. The van der Waals surface area contributed by atoms with Gasteiger partial charge < -0.3 is 19.5 Å². The molecule has 2 N–H and O–H groups in total. The molecule has 0 bridgehead atoms. The van der Waals surface area contributed by atoms with E-state index in [1.54, 1.807) is 41.5 Å². The van der Waals surface area contributed by atoms with Crippen LogP contribution in [0, 0.1) is 0 Å². The maximum atomic E-state index is 13.2. The van der Waals surface area contributed by atoms with Crippen LogP contribution < -0.4 is 5.56 Å².